The monoisotopic (exact) mass is 214 g/mol. The van der Waals surface area contributed by atoms with Gasteiger partial charge in [-0.15, -0.1) is 24.8 Å². The molecule has 0 N–H and O–H groups in total. The van der Waals surface area contributed by atoms with E-state index < -0.39 is 5.97 Å². The Morgan fingerprint density at radius 2 is 2.08 bits per heavy atom. The number of aliphatic carboxylic acids is 1. The Hall–Kier alpha value is -0.480. The first-order valence-electron chi connectivity index (χ1n) is 3.18. The van der Waals surface area contributed by atoms with Crippen LogP contribution in [0.15, 0.2) is 0 Å². The third kappa shape index (κ3) is 3.78. The van der Waals surface area contributed by atoms with Crippen LogP contribution in [-0.2, 0) is 9.59 Å². The smallest absolute Gasteiger partial charge is 0.222 e. The van der Waals surface area contributed by atoms with Gasteiger partial charge in [-0.1, -0.05) is 0 Å². The Labute approximate surface area is 82.7 Å². The number of hydrogen-bond acceptors (Lipinski definition) is 3. The van der Waals surface area contributed by atoms with Crippen LogP contribution < -0.4 is 5.11 Å². The van der Waals surface area contributed by atoms with Crippen molar-refractivity contribution in [2.45, 2.75) is 12.8 Å². The molecule has 0 aromatic heterocycles. The van der Waals surface area contributed by atoms with Crippen molar-refractivity contribution in [1.82, 2.24) is 4.90 Å². The van der Waals surface area contributed by atoms with Crippen molar-refractivity contribution < 1.29 is 14.7 Å². The fourth-order valence-corrected chi connectivity index (χ4v) is 1.03. The maximum atomic E-state index is 10.7. The van der Waals surface area contributed by atoms with Gasteiger partial charge in [0.15, 0.2) is 0 Å². The van der Waals surface area contributed by atoms with Crippen molar-refractivity contribution in [2.75, 3.05) is 13.1 Å². The molecule has 0 radical (unpaired) electrons. The molecule has 0 spiro atoms. The molecule has 0 aliphatic carbocycles. The summed E-state index contributed by atoms with van der Waals surface area (Å²) < 4.78 is 0. The first kappa shape index (κ1) is 14.1. The first-order chi connectivity index (χ1) is 4.70. The normalized spacial score (nSPS) is 15.0. The largest absolute Gasteiger partial charge is 0.548 e. The molecule has 1 aliphatic heterocycles. The molecule has 0 aromatic rings. The molecule has 6 heteroatoms. The average Bonchev–Trinajstić information content (AvgIpc) is 2.15. The molecule has 1 amide bonds. The summed E-state index contributed by atoms with van der Waals surface area (Å²) in [5, 5.41) is 10.00. The van der Waals surface area contributed by atoms with Gasteiger partial charge in [0, 0.05) is 13.0 Å². The van der Waals surface area contributed by atoms with Crippen molar-refractivity contribution in [1.29, 1.82) is 0 Å². The minimum Gasteiger partial charge on any atom is -0.548 e. The second kappa shape index (κ2) is 6.08. The second-order valence-electron chi connectivity index (χ2n) is 2.29. The number of halogens is 2. The Morgan fingerprint density at radius 3 is 2.42 bits per heavy atom. The lowest BCUT2D eigenvalue weighted by molar-refractivity contribution is -0.305. The quantitative estimate of drug-likeness (QED) is 0.606. The standard InChI is InChI=1S/C6H9NO3.2ClH/c8-5-2-1-3-7(5)4-6(9)10;;/h1-4H2,(H,9,10);2*1H/p-1. The van der Waals surface area contributed by atoms with Crippen molar-refractivity contribution in [2.24, 2.45) is 0 Å². The average molecular weight is 215 g/mol. The fourth-order valence-electron chi connectivity index (χ4n) is 1.03. The molecular formula is C6H10Cl2NO3-. The predicted octanol–water partition coefficient (Wildman–Crippen LogP) is -0.798. The van der Waals surface area contributed by atoms with E-state index in [4.69, 9.17) is 0 Å². The lowest BCUT2D eigenvalue weighted by Crippen LogP contribution is -2.38. The molecule has 0 saturated carbocycles. The van der Waals surface area contributed by atoms with Gasteiger partial charge in [0.05, 0.1) is 12.5 Å². The molecule has 1 aliphatic rings. The molecule has 1 rings (SSSR count). The Kier molecular flexibility index (Phi) is 7.13. The molecule has 1 fully saturated rings. The zero-order valence-electron chi connectivity index (χ0n) is 6.32. The Balaban J connectivity index is 0. The van der Waals surface area contributed by atoms with E-state index in [9.17, 15) is 14.7 Å². The number of likely N-dealkylation sites (tertiary alicyclic amines) is 1. The Bertz CT molecular complexity index is 174. The zero-order chi connectivity index (χ0) is 7.56. The van der Waals surface area contributed by atoms with E-state index in [1.54, 1.807) is 0 Å². The highest BCUT2D eigenvalue weighted by atomic mass is 35.5. The molecule has 0 unspecified atom stereocenters. The van der Waals surface area contributed by atoms with Crippen LogP contribution in [-0.4, -0.2) is 29.9 Å². The van der Waals surface area contributed by atoms with Gasteiger partial charge in [0.2, 0.25) is 5.91 Å². The number of nitrogens with zero attached hydrogens (tertiary/aromatic N) is 1. The summed E-state index contributed by atoms with van der Waals surface area (Å²) in [4.78, 5) is 22.0. The van der Waals surface area contributed by atoms with Gasteiger partial charge in [0.1, 0.15) is 0 Å². The van der Waals surface area contributed by atoms with Gasteiger partial charge in [0.25, 0.3) is 0 Å². The van der Waals surface area contributed by atoms with E-state index in [2.05, 4.69) is 0 Å². The third-order valence-electron chi connectivity index (χ3n) is 1.49. The van der Waals surface area contributed by atoms with Gasteiger partial charge < -0.3 is 14.8 Å². The van der Waals surface area contributed by atoms with Crippen LogP contribution in [0.1, 0.15) is 12.8 Å². The summed E-state index contributed by atoms with van der Waals surface area (Å²) in [7, 11) is 0. The predicted molar refractivity (Wildman–Crippen MR) is 45.3 cm³/mol. The topological polar surface area (TPSA) is 60.4 Å². The molecule has 0 bridgehead atoms. The summed E-state index contributed by atoms with van der Waals surface area (Å²) in [5.74, 6) is -1.26. The number of rotatable bonds is 2. The summed E-state index contributed by atoms with van der Waals surface area (Å²) >= 11 is 0. The fraction of sp³-hybridized carbons (Fsp3) is 0.667. The lowest BCUT2D eigenvalue weighted by Gasteiger charge is -2.14. The zero-order valence-corrected chi connectivity index (χ0v) is 7.95. The summed E-state index contributed by atoms with van der Waals surface area (Å²) in [6.45, 7) is 0.311. The molecule has 1 saturated heterocycles. The summed E-state index contributed by atoms with van der Waals surface area (Å²) in [6, 6.07) is 0. The SMILES string of the molecule is Cl.Cl.O=C([O-])CN1CCCC1=O. The highest BCUT2D eigenvalue weighted by Crippen LogP contribution is 2.07. The van der Waals surface area contributed by atoms with Crippen LogP contribution in [0.4, 0.5) is 0 Å². The number of carboxylic acid groups (broad SMARTS) is 1. The molecule has 0 aromatic carbocycles. The van der Waals surface area contributed by atoms with Crippen LogP contribution in [0, 0.1) is 0 Å². The van der Waals surface area contributed by atoms with Crippen LogP contribution in [0.25, 0.3) is 0 Å². The van der Waals surface area contributed by atoms with Crippen molar-refractivity contribution >= 4 is 36.7 Å². The van der Waals surface area contributed by atoms with Crippen LogP contribution in [0.2, 0.25) is 0 Å². The van der Waals surface area contributed by atoms with Crippen molar-refractivity contribution in [3.8, 4) is 0 Å². The van der Waals surface area contributed by atoms with Crippen LogP contribution in [0.5, 0.6) is 0 Å². The number of carboxylic acids is 1. The van der Waals surface area contributed by atoms with E-state index in [1.807, 2.05) is 0 Å². The number of amides is 1. The van der Waals surface area contributed by atoms with E-state index in [0.717, 1.165) is 6.42 Å². The molecular weight excluding hydrogens is 205 g/mol. The number of carbonyl (C=O) groups is 2. The van der Waals surface area contributed by atoms with E-state index >= 15 is 0 Å². The second-order valence-corrected chi connectivity index (χ2v) is 2.29. The minimum absolute atomic E-state index is 0. The molecule has 4 nitrogen and oxygen atoms in total. The molecule has 0 atom stereocenters. The highest BCUT2D eigenvalue weighted by Gasteiger charge is 2.19. The van der Waals surface area contributed by atoms with Gasteiger partial charge in [-0.2, -0.15) is 0 Å². The van der Waals surface area contributed by atoms with Gasteiger partial charge in [-0.25, -0.2) is 0 Å². The minimum atomic E-state index is -1.18. The van der Waals surface area contributed by atoms with Gasteiger partial charge >= 0.3 is 0 Å². The molecule has 12 heavy (non-hydrogen) atoms. The number of carbonyl (C=O) groups excluding carboxylic acids is 2. The molecule has 1 heterocycles. The highest BCUT2D eigenvalue weighted by molar-refractivity contribution is 5.85. The Morgan fingerprint density at radius 1 is 1.50 bits per heavy atom. The maximum absolute atomic E-state index is 10.7. The summed E-state index contributed by atoms with van der Waals surface area (Å²) in [6.07, 6.45) is 1.25. The van der Waals surface area contributed by atoms with E-state index in [1.165, 1.54) is 4.90 Å². The van der Waals surface area contributed by atoms with E-state index in [-0.39, 0.29) is 37.3 Å². The number of hydrogen-bond donors (Lipinski definition) is 0. The van der Waals surface area contributed by atoms with Gasteiger partial charge in [-0.3, -0.25) is 4.79 Å². The van der Waals surface area contributed by atoms with Crippen LogP contribution >= 0.6 is 24.8 Å². The van der Waals surface area contributed by atoms with Gasteiger partial charge in [-0.05, 0) is 6.42 Å². The van der Waals surface area contributed by atoms with E-state index in [0.29, 0.717) is 13.0 Å². The lowest BCUT2D eigenvalue weighted by atomic mass is 10.4. The van der Waals surface area contributed by atoms with Crippen LogP contribution in [0.3, 0.4) is 0 Å². The first-order valence-corrected chi connectivity index (χ1v) is 3.18. The maximum Gasteiger partial charge on any atom is 0.222 e. The van der Waals surface area contributed by atoms with Crippen molar-refractivity contribution in [3.63, 3.8) is 0 Å². The third-order valence-corrected chi connectivity index (χ3v) is 1.49. The van der Waals surface area contributed by atoms with Crippen molar-refractivity contribution in [3.05, 3.63) is 0 Å². The molecule has 72 valence electrons. The summed E-state index contributed by atoms with van der Waals surface area (Å²) in [5.41, 5.74) is 0.